The summed E-state index contributed by atoms with van der Waals surface area (Å²) in [6, 6.07) is 4.02. The predicted octanol–water partition coefficient (Wildman–Crippen LogP) is 1.83. The standard InChI is InChI=1S/C29H32N2O9/c1-14(32)37-21-6-5-16-10-17-12-29-20(13-30(17)9-3-4-24(36)40-31-22(34)7-8-23(31)35)18-11-19(18)26(38-15(2)33)28(29)39-27(21)25(16)29/h5-6,17-20,26,28H,3-4,7-13H2,1-2H3/t17?,18?,19?,20?,26-,28-,29?/m0/s1. The molecule has 0 N–H and O–H groups in total. The van der Waals surface area contributed by atoms with Crippen LogP contribution in [0.5, 0.6) is 11.5 Å². The minimum atomic E-state index is -0.581. The highest BCUT2D eigenvalue weighted by Crippen LogP contribution is 2.70. The number of rotatable bonds is 7. The number of likely N-dealkylation sites (tertiary alicyclic amines) is 1. The summed E-state index contributed by atoms with van der Waals surface area (Å²) < 4.78 is 18.1. The van der Waals surface area contributed by atoms with Gasteiger partial charge in [0.25, 0.3) is 11.8 Å². The van der Waals surface area contributed by atoms with Gasteiger partial charge >= 0.3 is 17.9 Å². The molecule has 11 nitrogen and oxygen atoms in total. The Bertz CT molecular complexity index is 1330. The molecule has 7 atom stereocenters. The van der Waals surface area contributed by atoms with Crippen LogP contribution in [-0.4, -0.2) is 71.0 Å². The van der Waals surface area contributed by atoms with Gasteiger partial charge in [-0.1, -0.05) is 6.07 Å². The lowest BCUT2D eigenvalue weighted by atomic mass is 9.53. The first kappa shape index (κ1) is 25.5. The molecule has 3 heterocycles. The topological polar surface area (TPSA) is 129 Å². The third-order valence-electron chi connectivity index (χ3n) is 9.77. The van der Waals surface area contributed by atoms with Crippen LogP contribution in [0.2, 0.25) is 0 Å². The number of ether oxygens (including phenoxy) is 3. The molecule has 2 amide bonds. The maximum Gasteiger partial charge on any atom is 0.333 e. The molecule has 7 rings (SSSR count). The summed E-state index contributed by atoms with van der Waals surface area (Å²) in [6.45, 7) is 4.31. The molecular weight excluding hydrogens is 520 g/mol. The van der Waals surface area contributed by atoms with Crippen molar-refractivity contribution >= 4 is 29.7 Å². The van der Waals surface area contributed by atoms with Gasteiger partial charge in [-0.25, -0.2) is 4.79 Å². The fraction of sp³-hybridized carbons (Fsp3) is 0.621. The van der Waals surface area contributed by atoms with Crippen molar-refractivity contribution in [1.82, 2.24) is 9.96 Å². The summed E-state index contributed by atoms with van der Waals surface area (Å²) in [5, 5.41) is 0.599. The second kappa shape index (κ2) is 9.02. The quantitative estimate of drug-likeness (QED) is 0.281. The Morgan fingerprint density at radius 1 is 1.07 bits per heavy atom. The van der Waals surface area contributed by atoms with Crippen LogP contribution < -0.4 is 9.47 Å². The van der Waals surface area contributed by atoms with Gasteiger partial charge in [-0.2, -0.15) is 0 Å². The SMILES string of the molecule is CC(=O)Oc1ccc2c3c1O[C@H]1[C@@H](OC(C)=O)C4CC4C4CN(CCCC(=O)ON5C(=O)CCC5=O)C(C2)CC341. The maximum absolute atomic E-state index is 12.4. The zero-order chi connectivity index (χ0) is 27.9. The van der Waals surface area contributed by atoms with Crippen molar-refractivity contribution in [2.45, 2.75) is 82.5 Å². The minimum absolute atomic E-state index is 0.0709. The lowest BCUT2D eigenvalue weighted by Gasteiger charge is -2.58. The number of hydrogen-bond acceptors (Lipinski definition) is 10. The van der Waals surface area contributed by atoms with E-state index in [-0.39, 0.29) is 60.7 Å². The molecule has 1 aromatic carbocycles. The number of carbonyl (C=O) groups excluding carboxylic acids is 5. The first-order valence-corrected chi connectivity index (χ1v) is 14.2. The number of benzene rings is 1. The van der Waals surface area contributed by atoms with E-state index in [1.807, 2.05) is 6.07 Å². The molecule has 1 aromatic rings. The summed E-state index contributed by atoms with van der Waals surface area (Å²) in [5.41, 5.74) is 1.93. The van der Waals surface area contributed by atoms with Crippen molar-refractivity contribution < 1.29 is 43.0 Å². The Hall–Kier alpha value is -3.47. The van der Waals surface area contributed by atoms with Crippen LogP contribution in [0.3, 0.4) is 0 Å². The molecule has 5 unspecified atom stereocenters. The van der Waals surface area contributed by atoms with Crippen LogP contribution in [0, 0.1) is 17.8 Å². The van der Waals surface area contributed by atoms with Gasteiger partial charge in [-0.05, 0) is 55.7 Å². The molecule has 2 bridgehead atoms. The molecule has 3 aliphatic carbocycles. The van der Waals surface area contributed by atoms with E-state index in [0.29, 0.717) is 35.4 Å². The van der Waals surface area contributed by atoms with E-state index in [0.717, 1.165) is 36.9 Å². The van der Waals surface area contributed by atoms with Crippen molar-refractivity contribution in [3.63, 3.8) is 0 Å². The molecule has 6 aliphatic rings. The number of carbonyl (C=O) groups is 5. The lowest BCUT2D eigenvalue weighted by molar-refractivity contribution is -0.197. The van der Waals surface area contributed by atoms with Gasteiger partial charge in [0.2, 0.25) is 0 Å². The van der Waals surface area contributed by atoms with Gasteiger partial charge in [-0.15, -0.1) is 5.06 Å². The highest BCUT2D eigenvalue weighted by atomic mass is 16.7. The zero-order valence-corrected chi connectivity index (χ0v) is 22.6. The van der Waals surface area contributed by atoms with Gasteiger partial charge in [0, 0.05) is 62.6 Å². The first-order valence-electron chi connectivity index (χ1n) is 14.2. The van der Waals surface area contributed by atoms with Crippen LogP contribution in [0.25, 0.3) is 0 Å². The smallest absolute Gasteiger partial charge is 0.333 e. The highest BCUT2D eigenvalue weighted by molar-refractivity contribution is 6.01. The molecule has 0 aromatic heterocycles. The molecule has 40 heavy (non-hydrogen) atoms. The van der Waals surface area contributed by atoms with Crippen molar-refractivity contribution in [3.8, 4) is 11.5 Å². The van der Waals surface area contributed by atoms with Gasteiger partial charge in [0.1, 0.15) is 12.2 Å². The summed E-state index contributed by atoms with van der Waals surface area (Å²) in [7, 11) is 0. The Morgan fingerprint density at radius 3 is 2.58 bits per heavy atom. The van der Waals surface area contributed by atoms with Gasteiger partial charge in [-0.3, -0.25) is 24.1 Å². The number of hydrogen-bond donors (Lipinski definition) is 0. The fourth-order valence-corrected chi connectivity index (χ4v) is 8.34. The van der Waals surface area contributed by atoms with E-state index in [2.05, 4.69) is 4.90 Å². The molecule has 3 aliphatic heterocycles. The molecule has 11 heteroatoms. The van der Waals surface area contributed by atoms with Gasteiger partial charge in [0.15, 0.2) is 11.5 Å². The van der Waals surface area contributed by atoms with E-state index in [9.17, 15) is 24.0 Å². The molecular formula is C29H32N2O9. The Morgan fingerprint density at radius 2 is 1.85 bits per heavy atom. The van der Waals surface area contributed by atoms with Crippen molar-refractivity contribution in [2.24, 2.45) is 17.8 Å². The predicted molar refractivity (Wildman–Crippen MR) is 135 cm³/mol. The molecule has 212 valence electrons. The van der Waals surface area contributed by atoms with Crippen LogP contribution in [0.1, 0.15) is 63.5 Å². The van der Waals surface area contributed by atoms with Crippen LogP contribution in [0.4, 0.5) is 0 Å². The average Bonchev–Trinajstić information content (AvgIpc) is 3.53. The summed E-state index contributed by atoms with van der Waals surface area (Å²) in [4.78, 5) is 67.4. The summed E-state index contributed by atoms with van der Waals surface area (Å²) >= 11 is 0. The molecule has 0 radical (unpaired) electrons. The minimum Gasteiger partial charge on any atom is -0.481 e. The van der Waals surface area contributed by atoms with E-state index < -0.39 is 23.8 Å². The van der Waals surface area contributed by atoms with Gasteiger partial charge in [0.05, 0.1) is 0 Å². The number of fused-ring (bicyclic) bond motifs is 3. The average molecular weight is 553 g/mol. The van der Waals surface area contributed by atoms with Gasteiger partial charge < -0.3 is 19.0 Å². The van der Waals surface area contributed by atoms with Crippen LogP contribution >= 0.6 is 0 Å². The number of amides is 2. The zero-order valence-electron chi connectivity index (χ0n) is 22.6. The van der Waals surface area contributed by atoms with Crippen molar-refractivity contribution in [2.75, 3.05) is 13.1 Å². The normalized spacial score (nSPS) is 34.5. The van der Waals surface area contributed by atoms with E-state index in [4.69, 9.17) is 19.0 Å². The highest BCUT2D eigenvalue weighted by Gasteiger charge is 2.73. The third kappa shape index (κ3) is 3.77. The van der Waals surface area contributed by atoms with E-state index in [1.165, 1.54) is 13.8 Å². The van der Waals surface area contributed by atoms with Crippen molar-refractivity contribution in [3.05, 3.63) is 23.3 Å². The third-order valence-corrected chi connectivity index (χ3v) is 9.77. The number of piperidine rings is 1. The first-order chi connectivity index (χ1) is 19.2. The number of esters is 2. The number of hydroxylamine groups is 2. The second-order valence-electron chi connectivity index (χ2n) is 12.0. The largest absolute Gasteiger partial charge is 0.481 e. The molecule has 1 spiro atoms. The Labute approximate surface area is 231 Å². The van der Waals surface area contributed by atoms with E-state index in [1.54, 1.807) is 6.07 Å². The van der Waals surface area contributed by atoms with Crippen LogP contribution in [0.15, 0.2) is 12.1 Å². The Balaban J connectivity index is 1.14. The van der Waals surface area contributed by atoms with E-state index >= 15 is 0 Å². The monoisotopic (exact) mass is 552 g/mol. The maximum atomic E-state index is 12.4. The second-order valence-corrected chi connectivity index (χ2v) is 12.0. The molecule has 2 saturated carbocycles. The molecule has 4 fully saturated rings. The van der Waals surface area contributed by atoms with Crippen molar-refractivity contribution in [1.29, 1.82) is 0 Å². The number of nitrogens with zero attached hydrogens (tertiary/aromatic N) is 2. The molecule has 2 saturated heterocycles. The Kier molecular flexibility index (Phi) is 5.75. The fourth-order valence-electron chi connectivity index (χ4n) is 8.34. The van der Waals surface area contributed by atoms with Crippen LogP contribution in [-0.2, 0) is 45.4 Å². The lowest BCUT2D eigenvalue weighted by Crippen LogP contribution is -2.66. The summed E-state index contributed by atoms with van der Waals surface area (Å²) in [5.74, 6) is -0.359. The number of imide groups is 1. The summed E-state index contributed by atoms with van der Waals surface area (Å²) in [6.07, 6.45) is 2.69.